The van der Waals surface area contributed by atoms with Crippen LogP contribution in [0.3, 0.4) is 0 Å². The fraction of sp³-hybridized carbons (Fsp3) is 0.528. The van der Waals surface area contributed by atoms with Gasteiger partial charge in [0.1, 0.15) is 38.6 Å². The van der Waals surface area contributed by atoms with Gasteiger partial charge in [0.05, 0.1) is 17.4 Å². The number of hydrogen-bond donors (Lipinski definition) is 3. The Morgan fingerprint density at radius 2 is 1.84 bits per heavy atom. The molecule has 6 rings (SSSR count). The highest BCUT2D eigenvalue weighted by molar-refractivity contribution is 7.90. The Bertz CT molecular complexity index is 2020. The van der Waals surface area contributed by atoms with Crippen LogP contribution < -0.4 is 15.4 Å². The Labute approximate surface area is 338 Å². The van der Waals surface area contributed by atoms with Gasteiger partial charge in [0.25, 0.3) is 15.9 Å². The molecule has 3 aliphatic heterocycles. The topological polar surface area (TPSA) is 181 Å². The van der Waals surface area contributed by atoms with Gasteiger partial charge in [0, 0.05) is 23.9 Å². The summed E-state index contributed by atoms with van der Waals surface area (Å²) in [5.74, 6) is -2.93. The molecule has 5 amide bonds. The third kappa shape index (κ3) is 9.36. The summed E-state index contributed by atoms with van der Waals surface area (Å²) in [6, 6.07) is 4.16. The van der Waals surface area contributed by atoms with Crippen molar-refractivity contribution in [1.29, 1.82) is 0 Å². The highest BCUT2D eigenvalue weighted by Crippen LogP contribution is 2.46. The van der Waals surface area contributed by atoms with Crippen molar-refractivity contribution in [1.82, 2.24) is 25.2 Å². The van der Waals surface area contributed by atoms with Crippen LogP contribution in [0.1, 0.15) is 76.8 Å². The Balaban J connectivity index is 1.27. The van der Waals surface area contributed by atoms with Gasteiger partial charge in [-0.3, -0.25) is 19.3 Å². The number of benzene rings is 1. The number of carbonyl (C=O) groups excluding carboxylic acids is 5. The van der Waals surface area contributed by atoms with Crippen molar-refractivity contribution in [3.05, 3.63) is 61.2 Å². The molecule has 3 N–H and O–H groups in total. The average Bonchev–Trinajstić information content (AvgIpc) is 3.39. The van der Waals surface area contributed by atoms with Crippen molar-refractivity contribution >= 4 is 86.1 Å². The van der Waals surface area contributed by atoms with Crippen LogP contribution in [-0.2, 0) is 47.0 Å². The molecule has 0 unspecified atom stereocenters. The van der Waals surface area contributed by atoms with E-state index in [9.17, 15) is 32.4 Å². The van der Waals surface area contributed by atoms with Crippen molar-refractivity contribution in [2.75, 3.05) is 6.54 Å². The van der Waals surface area contributed by atoms with Crippen LogP contribution in [0.15, 0.2) is 41.3 Å². The quantitative estimate of drug-likeness (QED) is 0.308. The molecule has 2 fully saturated rings. The second-order valence-corrected chi connectivity index (χ2v) is 19.5. The number of alkyl carbamates (subject to hydrolysis) is 1. The molecule has 1 aromatic carbocycles. The largest absolute Gasteiger partial charge is 0.444 e. The number of rotatable bonds is 5. The van der Waals surface area contributed by atoms with Crippen molar-refractivity contribution in [3.63, 3.8) is 0 Å². The lowest BCUT2D eigenvalue weighted by molar-refractivity contribution is -0.141. The maximum atomic E-state index is 14.4. The Hall–Kier alpha value is -3.57. The smallest absolute Gasteiger partial charge is 0.410 e. The first-order valence-electron chi connectivity index (χ1n) is 17.9. The molecule has 0 spiro atoms. The zero-order valence-corrected chi connectivity index (χ0v) is 34.3. The molecular weight excluding hydrogens is 817 g/mol. The monoisotopic (exact) mass is 857 g/mol. The number of halogens is 3. The third-order valence-electron chi connectivity index (χ3n) is 9.93. The fourth-order valence-corrected chi connectivity index (χ4v) is 10.6. The van der Waals surface area contributed by atoms with Crippen molar-refractivity contribution in [3.8, 4) is 0 Å². The third-order valence-corrected chi connectivity index (χ3v) is 13.4. The van der Waals surface area contributed by atoms with Crippen molar-refractivity contribution in [2.45, 2.75) is 113 Å². The molecule has 55 heavy (non-hydrogen) atoms. The first-order chi connectivity index (χ1) is 25.9. The molecule has 4 heterocycles. The van der Waals surface area contributed by atoms with Gasteiger partial charge in [-0.1, -0.05) is 71.9 Å². The van der Waals surface area contributed by atoms with Crippen LogP contribution in [-0.4, -0.2) is 84.0 Å². The number of carbonyl (C=O) groups is 5. The summed E-state index contributed by atoms with van der Waals surface area (Å²) in [4.78, 5) is 71.3. The lowest BCUT2D eigenvalue weighted by Gasteiger charge is -2.30. The van der Waals surface area contributed by atoms with Gasteiger partial charge >= 0.3 is 12.2 Å². The van der Waals surface area contributed by atoms with Gasteiger partial charge in [0.2, 0.25) is 11.8 Å². The predicted molar refractivity (Wildman–Crippen MR) is 205 cm³/mol. The summed E-state index contributed by atoms with van der Waals surface area (Å²) in [6.45, 7) is 5.36. The summed E-state index contributed by atoms with van der Waals surface area (Å²) in [6.07, 6.45) is 4.01. The number of ether oxygens (including phenoxy) is 2. The Kier molecular flexibility index (Phi) is 12.0. The molecule has 14 nitrogen and oxygen atoms in total. The van der Waals surface area contributed by atoms with Crippen molar-refractivity contribution < 1.29 is 41.9 Å². The minimum Gasteiger partial charge on any atom is -0.444 e. The summed E-state index contributed by atoms with van der Waals surface area (Å²) in [7, 11) is -4.49. The average molecular weight is 859 g/mol. The summed E-state index contributed by atoms with van der Waals surface area (Å²) in [5.41, 5.74) is -0.866. The van der Waals surface area contributed by atoms with Crippen LogP contribution in [0.5, 0.6) is 0 Å². The minimum atomic E-state index is -4.49. The van der Waals surface area contributed by atoms with E-state index in [1.54, 1.807) is 39.0 Å². The van der Waals surface area contributed by atoms with E-state index < -0.39 is 75.2 Å². The number of nitrogens with one attached hydrogen (secondary N) is 3. The number of sulfonamides is 1. The van der Waals surface area contributed by atoms with Crippen LogP contribution in [0.25, 0.3) is 0 Å². The summed E-state index contributed by atoms with van der Waals surface area (Å²) in [5, 5.41) is 5.96. The SMILES string of the molecule is CC(C)(C)OC(=O)N[C@H]1CCCCC/C=C\[C@H]2C[C@]2(C(=O)NS(=O)(=O)c2cc(Cl)sc2Cl)NC(=O)[C@@H]2C[C@@H](OC(=O)N3Cc4cccc(Cl)c4C3)CN2C1=O. The number of nitrogens with zero attached hydrogens (tertiary/aromatic N) is 2. The molecule has 2 aromatic rings. The summed E-state index contributed by atoms with van der Waals surface area (Å²) >= 11 is 19.3. The second kappa shape index (κ2) is 16.1. The molecule has 0 radical (unpaired) electrons. The Morgan fingerprint density at radius 3 is 2.53 bits per heavy atom. The van der Waals surface area contributed by atoms with E-state index in [1.165, 1.54) is 9.80 Å². The molecule has 19 heteroatoms. The fourth-order valence-electron chi connectivity index (χ4n) is 7.12. The highest BCUT2D eigenvalue weighted by Gasteiger charge is 2.62. The minimum absolute atomic E-state index is 0.0781. The van der Waals surface area contributed by atoms with Crippen LogP contribution in [0.4, 0.5) is 9.59 Å². The lowest BCUT2D eigenvalue weighted by atomic mass is 10.0. The predicted octanol–water partition coefficient (Wildman–Crippen LogP) is 5.92. The van der Waals surface area contributed by atoms with E-state index in [0.29, 0.717) is 24.3 Å². The molecular formula is C36H42Cl3N5O9S2. The zero-order valence-electron chi connectivity index (χ0n) is 30.4. The molecule has 298 valence electrons. The number of fused-ring (bicyclic) bond motifs is 3. The van der Waals surface area contributed by atoms with E-state index >= 15 is 0 Å². The number of hydrogen-bond acceptors (Lipinski definition) is 10. The molecule has 1 aromatic heterocycles. The van der Waals surface area contributed by atoms with E-state index in [-0.39, 0.29) is 52.5 Å². The van der Waals surface area contributed by atoms with Crippen molar-refractivity contribution in [2.24, 2.45) is 5.92 Å². The first-order valence-corrected chi connectivity index (χ1v) is 21.3. The number of thiophene rings is 1. The maximum Gasteiger partial charge on any atom is 0.410 e. The van der Waals surface area contributed by atoms with E-state index in [4.69, 9.17) is 44.3 Å². The molecule has 4 aliphatic rings. The zero-order chi connectivity index (χ0) is 39.9. The second-order valence-electron chi connectivity index (χ2n) is 15.1. The molecule has 1 saturated carbocycles. The molecule has 5 atom stereocenters. The van der Waals surface area contributed by atoms with E-state index in [2.05, 4.69) is 15.4 Å². The van der Waals surface area contributed by atoms with Gasteiger partial charge in [-0.25, -0.2) is 22.7 Å². The number of allylic oxidation sites excluding steroid dienone is 1. The van der Waals surface area contributed by atoms with Crippen LogP contribution >= 0.6 is 46.1 Å². The molecule has 0 bridgehead atoms. The highest BCUT2D eigenvalue weighted by atomic mass is 35.5. The van der Waals surface area contributed by atoms with E-state index in [0.717, 1.165) is 35.0 Å². The van der Waals surface area contributed by atoms with Gasteiger partial charge in [0.15, 0.2) is 0 Å². The normalized spacial score (nSPS) is 26.4. The van der Waals surface area contributed by atoms with Gasteiger partial charge in [-0.15, -0.1) is 11.3 Å². The first kappa shape index (κ1) is 41.1. The Morgan fingerprint density at radius 1 is 1.07 bits per heavy atom. The van der Waals surface area contributed by atoms with Gasteiger partial charge in [-0.05, 0) is 69.7 Å². The molecule has 1 saturated heterocycles. The van der Waals surface area contributed by atoms with Gasteiger partial charge < -0.3 is 25.0 Å². The number of amides is 5. The van der Waals surface area contributed by atoms with Crippen LogP contribution in [0, 0.1) is 5.92 Å². The van der Waals surface area contributed by atoms with Crippen LogP contribution in [0.2, 0.25) is 13.7 Å². The standard InChI is InChI=1S/C36H42Cl3N5O9S2/c1-35(2,3)53-33(48)40-25-13-8-6-4-5-7-11-21-16-36(21,32(47)42-55(50,51)27-15-28(38)54-29(27)39)41-30(45)26-14-22(18-44(26)31(25)46)52-34(49)43-17-20-10-9-12-24(37)23(20)19-43/h7,9-12,15,21-22,25-26H,4-6,8,13-14,16-19H2,1-3H3,(H,40,48)(H,41,45)(H,42,47)/b11-7-/t21-,22+,25-,26-,36-/m0/s1. The summed E-state index contributed by atoms with van der Waals surface area (Å²) < 4.78 is 39.9. The van der Waals surface area contributed by atoms with Gasteiger partial charge in [-0.2, -0.15) is 0 Å². The maximum absolute atomic E-state index is 14.4. The van der Waals surface area contributed by atoms with E-state index in [1.807, 2.05) is 12.1 Å². The lowest BCUT2D eigenvalue weighted by Crippen LogP contribution is -2.58. The molecule has 1 aliphatic carbocycles.